The van der Waals surface area contributed by atoms with E-state index < -0.39 is 0 Å². The number of nitrogens with zero attached hydrogens (tertiary/aromatic N) is 5. The second-order valence-corrected chi connectivity index (χ2v) is 9.12. The van der Waals surface area contributed by atoms with Crippen molar-refractivity contribution in [1.82, 2.24) is 19.6 Å². The highest BCUT2D eigenvalue weighted by Gasteiger charge is 2.43. The van der Waals surface area contributed by atoms with Crippen LogP contribution in [0.3, 0.4) is 0 Å². The summed E-state index contributed by atoms with van der Waals surface area (Å²) in [6, 6.07) is 2.52. The van der Waals surface area contributed by atoms with Crippen molar-refractivity contribution >= 4 is 0 Å². The Morgan fingerprint density at radius 2 is 1.84 bits per heavy atom. The summed E-state index contributed by atoms with van der Waals surface area (Å²) in [6.07, 6.45) is 10.5. The average molecular weight is 339 g/mol. The lowest BCUT2D eigenvalue weighted by atomic mass is 9.81. The first-order valence-corrected chi connectivity index (χ1v) is 9.11. The molecular formula is C20H29N5. The quantitative estimate of drug-likeness (QED) is 0.811. The maximum atomic E-state index is 9.06. The van der Waals surface area contributed by atoms with Gasteiger partial charge in [0.25, 0.3) is 0 Å². The maximum absolute atomic E-state index is 9.06. The van der Waals surface area contributed by atoms with Crippen LogP contribution in [-0.4, -0.2) is 19.6 Å². The molecule has 5 heteroatoms. The van der Waals surface area contributed by atoms with Gasteiger partial charge < -0.3 is 0 Å². The molecule has 3 unspecified atom stereocenters. The zero-order valence-corrected chi connectivity index (χ0v) is 16.2. The SMILES string of the molecule is CC(C#N)n1cc(C(C)(C)CC2CC2n2cc(C(C)(C)C)cn2)cn1. The van der Waals surface area contributed by atoms with Crippen molar-refractivity contribution in [3.05, 3.63) is 35.9 Å². The van der Waals surface area contributed by atoms with Gasteiger partial charge in [-0.1, -0.05) is 34.6 Å². The Hall–Kier alpha value is -2.09. The number of rotatable bonds is 5. The molecule has 1 saturated carbocycles. The third kappa shape index (κ3) is 3.63. The molecule has 2 aromatic rings. The highest BCUT2D eigenvalue weighted by atomic mass is 15.3. The summed E-state index contributed by atoms with van der Waals surface area (Å²) in [5.41, 5.74) is 2.70. The summed E-state index contributed by atoms with van der Waals surface area (Å²) in [4.78, 5) is 0. The molecule has 1 fully saturated rings. The molecule has 0 aliphatic heterocycles. The minimum Gasteiger partial charge on any atom is -0.269 e. The summed E-state index contributed by atoms with van der Waals surface area (Å²) in [5, 5.41) is 18.0. The lowest BCUT2D eigenvalue weighted by molar-refractivity contribution is 0.422. The average Bonchev–Trinajstić information content (AvgIpc) is 3.00. The van der Waals surface area contributed by atoms with Crippen LogP contribution in [0.15, 0.2) is 24.8 Å². The molecule has 0 radical (unpaired) electrons. The molecule has 0 saturated heterocycles. The summed E-state index contributed by atoms with van der Waals surface area (Å²) in [5.74, 6) is 0.652. The zero-order valence-electron chi connectivity index (χ0n) is 16.2. The monoisotopic (exact) mass is 339 g/mol. The second kappa shape index (κ2) is 6.01. The molecule has 2 aromatic heterocycles. The van der Waals surface area contributed by atoms with Crippen LogP contribution < -0.4 is 0 Å². The van der Waals surface area contributed by atoms with E-state index in [0.717, 1.165) is 6.42 Å². The molecule has 0 aromatic carbocycles. The van der Waals surface area contributed by atoms with Gasteiger partial charge in [0.05, 0.1) is 24.5 Å². The Morgan fingerprint density at radius 1 is 1.16 bits per heavy atom. The Bertz CT molecular complexity index is 784. The van der Waals surface area contributed by atoms with Gasteiger partial charge in [0.2, 0.25) is 0 Å². The van der Waals surface area contributed by atoms with Crippen LogP contribution in [-0.2, 0) is 10.8 Å². The Balaban J connectivity index is 1.66. The van der Waals surface area contributed by atoms with E-state index in [9.17, 15) is 0 Å². The third-order valence-corrected chi connectivity index (χ3v) is 5.43. The van der Waals surface area contributed by atoms with Gasteiger partial charge in [-0.15, -0.1) is 0 Å². The highest BCUT2D eigenvalue weighted by molar-refractivity contribution is 5.20. The lowest BCUT2D eigenvalue weighted by Gasteiger charge is -2.23. The van der Waals surface area contributed by atoms with Crippen molar-refractivity contribution < 1.29 is 0 Å². The topological polar surface area (TPSA) is 59.4 Å². The maximum Gasteiger partial charge on any atom is 0.135 e. The van der Waals surface area contributed by atoms with Gasteiger partial charge in [-0.3, -0.25) is 9.36 Å². The van der Waals surface area contributed by atoms with Crippen molar-refractivity contribution in [2.75, 3.05) is 0 Å². The van der Waals surface area contributed by atoms with Gasteiger partial charge in [0.1, 0.15) is 6.04 Å². The number of aromatic nitrogens is 4. The van der Waals surface area contributed by atoms with Crippen LogP contribution in [0, 0.1) is 17.2 Å². The van der Waals surface area contributed by atoms with Crippen molar-refractivity contribution in [3.63, 3.8) is 0 Å². The van der Waals surface area contributed by atoms with Gasteiger partial charge in [-0.05, 0) is 47.6 Å². The molecule has 3 atom stereocenters. The van der Waals surface area contributed by atoms with Gasteiger partial charge in [-0.2, -0.15) is 15.5 Å². The van der Waals surface area contributed by atoms with E-state index >= 15 is 0 Å². The summed E-state index contributed by atoms with van der Waals surface area (Å²) in [7, 11) is 0. The Labute approximate surface area is 150 Å². The first kappa shape index (κ1) is 17.7. The molecule has 1 aliphatic carbocycles. The number of hydrogen-bond acceptors (Lipinski definition) is 3. The first-order chi connectivity index (χ1) is 11.6. The van der Waals surface area contributed by atoms with Crippen molar-refractivity contribution in [2.45, 2.75) is 77.3 Å². The van der Waals surface area contributed by atoms with Crippen molar-refractivity contribution in [1.29, 1.82) is 5.26 Å². The fourth-order valence-corrected chi connectivity index (χ4v) is 3.41. The van der Waals surface area contributed by atoms with Crippen LogP contribution in [0.4, 0.5) is 0 Å². The molecular weight excluding hydrogens is 310 g/mol. The van der Waals surface area contributed by atoms with Gasteiger partial charge in [-0.25, -0.2) is 0 Å². The Kier molecular flexibility index (Phi) is 4.26. The van der Waals surface area contributed by atoms with E-state index in [4.69, 9.17) is 5.26 Å². The molecule has 1 aliphatic rings. The van der Waals surface area contributed by atoms with Crippen LogP contribution in [0.25, 0.3) is 0 Å². The van der Waals surface area contributed by atoms with E-state index in [0.29, 0.717) is 12.0 Å². The molecule has 0 N–H and O–H groups in total. The molecule has 134 valence electrons. The third-order valence-electron chi connectivity index (χ3n) is 5.43. The van der Waals surface area contributed by atoms with Gasteiger partial charge >= 0.3 is 0 Å². The molecule has 0 spiro atoms. The summed E-state index contributed by atoms with van der Waals surface area (Å²) < 4.78 is 3.91. The predicted molar refractivity (Wildman–Crippen MR) is 98.3 cm³/mol. The van der Waals surface area contributed by atoms with Crippen LogP contribution in [0.5, 0.6) is 0 Å². The highest BCUT2D eigenvalue weighted by Crippen LogP contribution is 2.50. The zero-order chi connectivity index (χ0) is 18.4. The minimum absolute atomic E-state index is 0.0485. The van der Waals surface area contributed by atoms with Crippen LogP contribution >= 0.6 is 0 Å². The van der Waals surface area contributed by atoms with Crippen molar-refractivity contribution in [2.24, 2.45) is 5.92 Å². The number of nitriles is 1. The van der Waals surface area contributed by atoms with Crippen LogP contribution in [0.1, 0.15) is 77.6 Å². The normalized spacial score (nSPS) is 21.8. The fraction of sp³-hybridized carbons (Fsp3) is 0.650. The first-order valence-electron chi connectivity index (χ1n) is 9.11. The summed E-state index contributed by atoms with van der Waals surface area (Å²) in [6.45, 7) is 13.1. The molecule has 0 bridgehead atoms. The second-order valence-electron chi connectivity index (χ2n) is 9.12. The van der Waals surface area contributed by atoms with E-state index in [1.807, 2.05) is 25.5 Å². The van der Waals surface area contributed by atoms with E-state index in [1.165, 1.54) is 17.5 Å². The van der Waals surface area contributed by atoms with Gasteiger partial charge in [0, 0.05) is 12.4 Å². The largest absolute Gasteiger partial charge is 0.269 e. The van der Waals surface area contributed by atoms with Crippen molar-refractivity contribution in [3.8, 4) is 6.07 Å². The van der Waals surface area contributed by atoms with E-state index in [2.05, 4.69) is 61.8 Å². The molecule has 3 rings (SSSR count). The van der Waals surface area contributed by atoms with Gasteiger partial charge in [0.15, 0.2) is 0 Å². The standard InChI is InChI=1S/C20H29N5/c1-14(9-21)24-13-17(11-22-24)20(5,6)8-15-7-18(15)25-12-16(10-23-25)19(2,3)4/h10-15,18H,7-8H2,1-6H3. The smallest absolute Gasteiger partial charge is 0.135 e. The molecule has 25 heavy (non-hydrogen) atoms. The number of hydrogen-bond donors (Lipinski definition) is 0. The minimum atomic E-state index is -0.224. The molecule has 0 amide bonds. The molecule has 2 heterocycles. The summed E-state index contributed by atoms with van der Waals surface area (Å²) >= 11 is 0. The van der Waals surface area contributed by atoms with E-state index in [-0.39, 0.29) is 16.9 Å². The predicted octanol–water partition coefficient (Wildman–Crippen LogP) is 4.39. The lowest BCUT2D eigenvalue weighted by Crippen LogP contribution is -2.18. The van der Waals surface area contributed by atoms with E-state index in [1.54, 1.807) is 4.68 Å². The fourth-order valence-electron chi connectivity index (χ4n) is 3.41. The Morgan fingerprint density at radius 3 is 2.44 bits per heavy atom. The molecule has 5 nitrogen and oxygen atoms in total. The van der Waals surface area contributed by atoms with Crippen LogP contribution in [0.2, 0.25) is 0 Å².